The molecule has 0 amide bonds. The topological polar surface area (TPSA) is 40.5 Å². The van der Waals surface area contributed by atoms with E-state index in [0.29, 0.717) is 23.9 Å². The van der Waals surface area contributed by atoms with E-state index in [0.717, 1.165) is 12.5 Å². The van der Waals surface area contributed by atoms with Crippen LogP contribution in [0.4, 0.5) is 0 Å². The molecule has 0 aromatic rings. The molecule has 0 radical (unpaired) electrons. The Balaban J connectivity index is 2.06. The van der Waals surface area contributed by atoms with Gasteiger partial charge in [-0.2, -0.15) is 0 Å². The van der Waals surface area contributed by atoms with Crippen molar-refractivity contribution in [1.82, 2.24) is 4.90 Å². The van der Waals surface area contributed by atoms with Crippen LogP contribution in [0.15, 0.2) is 0 Å². The molecule has 2 unspecified atom stereocenters. The van der Waals surface area contributed by atoms with E-state index < -0.39 is 5.97 Å². The molecule has 2 aliphatic rings. The van der Waals surface area contributed by atoms with Gasteiger partial charge in [-0.3, -0.25) is 9.69 Å². The van der Waals surface area contributed by atoms with Crippen molar-refractivity contribution in [2.45, 2.75) is 77.8 Å². The van der Waals surface area contributed by atoms with E-state index in [9.17, 15) is 4.79 Å². The molecular weight excluding hydrogens is 238 g/mol. The Morgan fingerprint density at radius 1 is 1.16 bits per heavy atom. The molecule has 3 heteroatoms. The van der Waals surface area contributed by atoms with Crippen LogP contribution >= 0.6 is 0 Å². The number of carboxylic acid groups (broad SMARTS) is 1. The van der Waals surface area contributed by atoms with E-state index in [1.165, 1.54) is 38.5 Å². The molecule has 110 valence electrons. The lowest BCUT2D eigenvalue weighted by Crippen LogP contribution is -2.48. The summed E-state index contributed by atoms with van der Waals surface area (Å²) in [5.74, 6) is 0.0596. The molecule has 2 rings (SSSR count). The number of aliphatic carboxylic acids is 1. The van der Waals surface area contributed by atoms with Gasteiger partial charge in [0.05, 0.1) is 6.42 Å². The minimum atomic E-state index is -0.659. The molecular formula is C16H29NO2. The highest BCUT2D eigenvalue weighted by molar-refractivity contribution is 5.66. The third kappa shape index (κ3) is 3.95. The standard InChI is InChI=1S/C16H29NO2/c1-16(2,3)13-6-4-5-7-14(13)17(12-8-9-12)11-10-15(18)19/h12-14H,4-11H2,1-3H3,(H,18,19). The largest absolute Gasteiger partial charge is 0.481 e. The monoisotopic (exact) mass is 267 g/mol. The summed E-state index contributed by atoms with van der Waals surface area (Å²) < 4.78 is 0. The van der Waals surface area contributed by atoms with Crippen LogP contribution in [-0.4, -0.2) is 34.6 Å². The average Bonchev–Trinajstić information content (AvgIpc) is 3.12. The van der Waals surface area contributed by atoms with Crippen molar-refractivity contribution in [2.75, 3.05) is 6.54 Å². The Bertz CT molecular complexity index is 317. The van der Waals surface area contributed by atoms with Crippen LogP contribution in [-0.2, 0) is 4.79 Å². The Labute approximate surface area is 117 Å². The fourth-order valence-corrected chi connectivity index (χ4v) is 3.77. The average molecular weight is 267 g/mol. The molecule has 0 heterocycles. The van der Waals surface area contributed by atoms with Crippen LogP contribution in [0.2, 0.25) is 0 Å². The predicted molar refractivity (Wildman–Crippen MR) is 77.2 cm³/mol. The molecule has 19 heavy (non-hydrogen) atoms. The van der Waals surface area contributed by atoms with Gasteiger partial charge < -0.3 is 5.11 Å². The second kappa shape index (κ2) is 5.82. The first-order chi connectivity index (χ1) is 8.89. The van der Waals surface area contributed by atoms with E-state index in [2.05, 4.69) is 25.7 Å². The summed E-state index contributed by atoms with van der Waals surface area (Å²) in [4.78, 5) is 13.4. The second-order valence-electron chi connectivity index (χ2n) is 7.44. The maximum absolute atomic E-state index is 10.9. The zero-order valence-electron chi connectivity index (χ0n) is 12.7. The van der Waals surface area contributed by atoms with Gasteiger partial charge in [-0.25, -0.2) is 0 Å². The normalized spacial score (nSPS) is 28.6. The molecule has 0 bridgehead atoms. The van der Waals surface area contributed by atoms with E-state index in [1.807, 2.05) is 0 Å². The van der Waals surface area contributed by atoms with Crippen molar-refractivity contribution in [3.8, 4) is 0 Å². The number of carbonyl (C=O) groups is 1. The third-order valence-electron chi connectivity index (χ3n) is 4.87. The zero-order valence-corrected chi connectivity index (χ0v) is 12.7. The van der Waals surface area contributed by atoms with Crippen molar-refractivity contribution < 1.29 is 9.90 Å². The lowest BCUT2D eigenvalue weighted by molar-refractivity contribution is -0.137. The lowest BCUT2D eigenvalue weighted by atomic mass is 9.69. The van der Waals surface area contributed by atoms with Crippen LogP contribution in [0.5, 0.6) is 0 Å². The Morgan fingerprint density at radius 2 is 1.79 bits per heavy atom. The summed E-state index contributed by atoms with van der Waals surface area (Å²) in [7, 11) is 0. The van der Waals surface area contributed by atoms with Gasteiger partial charge in [0.15, 0.2) is 0 Å². The summed E-state index contributed by atoms with van der Waals surface area (Å²) in [6, 6.07) is 1.29. The maximum Gasteiger partial charge on any atom is 0.304 e. The predicted octanol–water partition coefficient (Wildman–Crippen LogP) is 3.53. The van der Waals surface area contributed by atoms with E-state index in [-0.39, 0.29) is 0 Å². The first-order valence-electron chi connectivity index (χ1n) is 7.87. The molecule has 2 aliphatic carbocycles. The third-order valence-corrected chi connectivity index (χ3v) is 4.87. The molecule has 2 saturated carbocycles. The van der Waals surface area contributed by atoms with Crippen molar-refractivity contribution in [3.63, 3.8) is 0 Å². The zero-order chi connectivity index (χ0) is 14.0. The van der Waals surface area contributed by atoms with Gasteiger partial charge in [0, 0.05) is 18.6 Å². The smallest absolute Gasteiger partial charge is 0.304 e. The van der Waals surface area contributed by atoms with E-state index >= 15 is 0 Å². The highest BCUT2D eigenvalue weighted by Crippen LogP contribution is 2.43. The summed E-state index contributed by atoms with van der Waals surface area (Å²) in [6.45, 7) is 7.78. The van der Waals surface area contributed by atoms with E-state index in [1.54, 1.807) is 0 Å². The number of rotatable bonds is 5. The van der Waals surface area contributed by atoms with Crippen LogP contribution in [0.3, 0.4) is 0 Å². The van der Waals surface area contributed by atoms with Gasteiger partial charge in [-0.1, -0.05) is 33.6 Å². The van der Waals surface area contributed by atoms with Crippen LogP contribution in [0.1, 0.15) is 65.7 Å². The van der Waals surface area contributed by atoms with Gasteiger partial charge in [0.2, 0.25) is 0 Å². The molecule has 0 aliphatic heterocycles. The highest BCUT2D eigenvalue weighted by atomic mass is 16.4. The fourth-order valence-electron chi connectivity index (χ4n) is 3.77. The van der Waals surface area contributed by atoms with E-state index in [4.69, 9.17) is 5.11 Å². The first-order valence-corrected chi connectivity index (χ1v) is 7.87. The molecule has 2 fully saturated rings. The van der Waals surface area contributed by atoms with Crippen LogP contribution in [0, 0.1) is 11.3 Å². The fraction of sp³-hybridized carbons (Fsp3) is 0.938. The molecule has 0 spiro atoms. The summed E-state index contributed by atoms with van der Waals surface area (Å²) >= 11 is 0. The summed E-state index contributed by atoms with van der Waals surface area (Å²) in [6.07, 6.45) is 8.07. The molecule has 3 nitrogen and oxygen atoms in total. The van der Waals surface area contributed by atoms with Crippen molar-refractivity contribution in [3.05, 3.63) is 0 Å². The number of hydrogen-bond donors (Lipinski definition) is 1. The number of nitrogens with zero attached hydrogens (tertiary/aromatic N) is 1. The van der Waals surface area contributed by atoms with Crippen molar-refractivity contribution >= 4 is 5.97 Å². The Morgan fingerprint density at radius 3 is 2.32 bits per heavy atom. The molecule has 1 N–H and O–H groups in total. The quantitative estimate of drug-likeness (QED) is 0.828. The molecule has 0 saturated heterocycles. The Kier molecular flexibility index (Phi) is 4.54. The van der Waals surface area contributed by atoms with Crippen LogP contribution in [0.25, 0.3) is 0 Å². The lowest BCUT2D eigenvalue weighted by Gasteiger charge is -2.46. The SMILES string of the molecule is CC(C)(C)C1CCCCC1N(CCC(=O)O)C1CC1. The summed E-state index contributed by atoms with van der Waals surface area (Å²) in [5, 5.41) is 8.96. The number of carboxylic acids is 1. The highest BCUT2D eigenvalue weighted by Gasteiger charge is 2.42. The molecule has 2 atom stereocenters. The minimum Gasteiger partial charge on any atom is -0.481 e. The first kappa shape index (κ1) is 14.8. The number of hydrogen-bond acceptors (Lipinski definition) is 2. The van der Waals surface area contributed by atoms with Gasteiger partial charge in [-0.15, -0.1) is 0 Å². The van der Waals surface area contributed by atoms with Gasteiger partial charge in [0.1, 0.15) is 0 Å². The summed E-state index contributed by atoms with van der Waals surface area (Å²) in [5.41, 5.74) is 0.335. The van der Waals surface area contributed by atoms with Crippen LogP contribution < -0.4 is 0 Å². The van der Waals surface area contributed by atoms with Gasteiger partial charge in [-0.05, 0) is 37.0 Å². The second-order valence-corrected chi connectivity index (χ2v) is 7.44. The maximum atomic E-state index is 10.9. The molecule has 0 aromatic carbocycles. The minimum absolute atomic E-state index is 0.295. The van der Waals surface area contributed by atoms with Crippen molar-refractivity contribution in [2.24, 2.45) is 11.3 Å². The Hall–Kier alpha value is -0.570. The van der Waals surface area contributed by atoms with Gasteiger partial charge in [0.25, 0.3) is 0 Å². The van der Waals surface area contributed by atoms with Gasteiger partial charge >= 0.3 is 5.97 Å². The molecule has 0 aromatic heterocycles. The van der Waals surface area contributed by atoms with Crippen molar-refractivity contribution in [1.29, 1.82) is 0 Å².